The molecule has 1 N–H and O–H groups in total. The van der Waals surface area contributed by atoms with Crippen LogP contribution in [0.1, 0.15) is 15.2 Å². The molecule has 1 aromatic carbocycles. The molecule has 0 fully saturated rings. The molecule has 0 aliphatic rings. The number of nitrogens with one attached hydrogen (secondary N) is 1. The highest BCUT2D eigenvalue weighted by molar-refractivity contribution is 7.12. The van der Waals surface area contributed by atoms with E-state index in [0.717, 1.165) is 5.56 Å². The van der Waals surface area contributed by atoms with E-state index in [9.17, 15) is 4.79 Å². The number of amides is 1. The minimum Gasteiger partial charge on any atom is -0.266 e. The lowest BCUT2D eigenvalue weighted by atomic mass is 10.2. The van der Waals surface area contributed by atoms with Crippen molar-refractivity contribution in [3.8, 4) is 0 Å². The molecule has 0 saturated heterocycles. The minimum atomic E-state index is -0.186. The number of hydrogen-bond donors (Lipinski definition) is 1. The molecule has 2 rings (SSSR count). The minimum absolute atomic E-state index is 0.186. The Morgan fingerprint density at radius 1 is 1.17 bits per heavy atom. The van der Waals surface area contributed by atoms with E-state index in [1.54, 1.807) is 18.4 Å². The van der Waals surface area contributed by atoms with Crippen LogP contribution in [0.4, 0.5) is 0 Å². The van der Waals surface area contributed by atoms with Crippen LogP contribution in [0.2, 0.25) is 0 Å². The smallest absolute Gasteiger partial charge is 0.266 e. The number of carbonyl (C=O) groups excluding carboxylic acids is 1. The summed E-state index contributed by atoms with van der Waals surface area (Å²) in [5.74, 6) is -0.186. The van der Waals surface area contributed by atoms with Gasteiger partial charge in [0.15, 0.2) is 0 Å². The maximum absolute atomic E-state index is 11.5. The first-order valence-electron chi connectivity index (χ1n) is 5.45. The van der Waals surface area contributed by atoms with E-state index in [0.29, 0.717) is 4.88 Å². The van der Waals surface area contributed by atoms with Gasteiger partial charge in [0.05, 0.1) is 4.88 Å². The number of hydrogen-bond acceptors (Lipinski definition) is 3. The molecule has 0 saturated carbocycles. The van der Waals surface area contributed by atoms with Gasteiger partial charge in [-0.05, 0) is 23.1 Å². The van der Waals surface area contributed by atoms with Crippen LogP contribution >= 0.6 is 11.3 Å². The van der Waals surface area contributed by atoms with Crippen molar-refractivity contribution in [3.05, 3.63) is 64.4 Å². The largest absolute Gasteiger partial charge is 0.281 e. The van der Waals surface area contributed by atoms with Crippen LogP contribution in [0.5, 0.6) is 0 Å². The van der Waals surface area contributed by atoms with Crippen LogP contribution in [-0.2, 0) is 0 Å². The molecule has 0 spiro atoms. The third-order valence-corrected chi connectivity index (χ3v) is 3.03. The lowest BCUT2D eigenvalue weighted by Crippen LogP contribution is -2.15. The van der Waals surface area contributed by atoms with Crippen molar-refractivity contribution < 1.29 is 4.79 Å². The highest BCUT2D eigenvalue weighted by Gasteiger charge is 2.02. The van der Waals surface area contributed by atoms with Crippen molar-refractivity contribution in [2.24, 2.45) is 5.10 Å². The Hall–Kier alpha value is -2.20. The van der Waals surface area contributed by atoms with Crippen molar-refractivity contribution in [1.82, 2.24) is 5.43 Å². The van der Waals surface area contributed by atoms with E-state index in [2.05, 4.69) is 10.5 Å². The number of carbonyl (C=O) groups is 1. The lowest BCUT2D eigenvalue weighted by Gasteiger charge is -1.93. The molecule has 0 unspecified atom stereocenters. The van der Waals surface area contributed by atoms with Crippen molar-refractivity contribution in [2.45, 2.75) is 0 Å². The van der Waals surface area contributed by atoms with Crippen molar-refractivity contribution in [3.63, 3.8) is 0 Å². The van der Waals surface area contributed by atoms with Crippen molar-refractivity contribution in [1.29, 1.82) is 0 Å². The van der Waals surface area contributed by atoms with Crippen LogP contribution in [0.25, 0.3) is 6.08 Å². The summed E-state index contributed by atoms with van der Waals surface area (Å²) in [5, 5.41) is 5.69. The Morgan fingerprint density at radius 3 is 2.72 bits per heavy atom. The summed E-state index contributed by atoms with van der Waals surface area (Å²) in [6.45, 7) is 0. The van der Waals surface area contributed by atoms with Gasteiger partial charge in [-0.25, -0.2) is 5.43 Å². The van der Waals surface area contributed by atoms with Crippen molar-refractivity contribution >= 4 is 29.5 Å². The van der Waals surface area contributed by atoms with Gasteiger partial charge in [0.2, 0.25) is 0 Å². The van der Waals surface area contributed by atoms with Gasteiger partial charge in [0.25, 0.3) is 5.91 Å². The molecule has 0 bridgehead atoms. The summed E-state index contributed by atoms with van der Waals surface area (Å²) >= 11 is 1.39. The number of thiophene rings is 1. The number of benzene rings is 1. The maximum atomic E-state index is 11.5. The summed E-state index contributed by atoms with van der Waals surface area (Å²) in [6.07, 6.45) is 5.25. The Morgan fingerprint density at radius 2 is 2.00 bits per heavy atom. The first-order chi connectivity index (χ1) is 8.86. The van der Waals surface area contributed by atoms with Gasteiger partial charge in [-0.15, -0.1) is 11.3 Å². The SMILES string of the molecule is O=C(N/N=C\C=C\c1ccccc1)c1cccs1. The van der Waals surface area contributed by atoms with Crippen LogP contribution in [0, 0.1) is 0 Å². The van der Waals surface area contributed by atoms with E-state index < -0.39 is 0 Å². The molecular formula is C14H12N2OS. The second kappa shape index (κ2) is 6.51. The first kappa shape index (κ1) is 12.3. The van der Waals surface area contributed by atoms with Crippen molar-refractivity contribution in [2.75, 3.05) is 0 Å². The third-order valence-electron chi connectivity index (χ3n) is 2.16. The molecule has 3 nitrogen and oxygen atoms in total. The Kier molecular flexibility index (Phi) is 4.44. The maximum Gasteiger partial charge on any atom is 0.281 e. The van der Waals surface area contributed by atoms with E-state index in [1.807, 2.05) is 47.9 Å². The second-order valence-electron chi connectivity index (χ2n) is 3.47. The quantitative estimate of drug-likeness (QED) is 0.662. The zero-order valence-corrected chi connectivity index (χ0v) is 10.4. The molecule has 0 aliphatic heterocycles. The van der Waals surface area contributed by atoms with Gasteiger partial charge < -0.3 is 0 Å². The van der Waals surface area contributed by atoms with Gasteiger partial charge in [0.1, 0.15) is 0 Å². The molecule has 2 aromatic rings. The van der Waals surface area contributed by atoms with Crippen LogP contribution < -0.4 is 5.43 Å². The normalized spacial score (nSPS) is 11.1. The summed E-state index contributed by atoms with van der Waals surface area (Å²) in [4.78, 5) is 12.2. The molecule has 1 aromatic heterocycles. The van der Waals surface area contributed by atoms with Gasteiger partial charge in [-0.2, -0.15) is 5.10 Å². The Balaban J connectivity index is 1.82. The first-order valence-corrected chi connectivity index (χ1v) is 6.33. The van der Waals surface area contributed by atoms with Gasteiger partial charge >= 0.3 is 0 Å². The number of allylic oxidation sites excluding steroid dienone is 1. The average Bonchev–Trinajstić information content (AvgIpc) is 2.93. The summed E-state index contributed by atoms with van der Waals surface area (Å²) < 4.78 is 0. The lowest BCUT2D eigenvalue weighted by molar-refractivity contribution is 0.0959. The topological polar surface area (TPSA) is 41.5 Å². The fraction of sp³-hybridized carbons (Fsp3) is 0. The second-order valence-corrected chi connectivity index (χ2v) is 4.41. The van der Waals surface area contributed by atoms with Gasteiger partial charge in [0, 0.05) is 6.21 Å². The zero-order valence-electron chi connectivity index (χ0n) is 9.61. The summed E-state index contributed by atoms with van der Waals surface area (Å²) in [7, 11) is 0. The fourth-order valence-electron chi connectivity index (χ4n) is 1.32. The van der Waals surface area contributed by atoms with Crippen LogP contribution in [-0.4, -0.2) is 12.1 Å². The molecule has 0 aliphatic carbocycles. The third kappa shape index (κ3) is 3.68. The van der Waals surface area contributed by atoms with E-state index in [4.69, 9.17) is 0 Å². The van der Waals surface area contributed by atoms with E-state index in [-0.39, 0.29) is 5.91 Å². The van der Waals surface area contributed by atoms with E-state index >= 15 is 0 Å². The highest BCUT2D eigenvalue weighted by atomic mass is 32.1. The molecular weight excluding hydrogens is 244 g/mol. The molecule has 1 amide bonds. The van der Waals surface area contributed by atoms with Gasteiger partial charge in [-0.3, -0.25) is 4.79 Å². The average molecular weight is 256 g/mol. The Bertz CT molecular complexity index is 544. The number of nitrogens with zero attached hydrogens (tertiary/aromatic N) is 1. The molecule has 90 valence electrons. The molecule has 4 heteroatoms. The number of hydrazone groups is 1. The summed E-state index contributed by atoms with van der Waals surface area (Å²) in [5.41, 5.74) is 3.55. The number of rotatable bonds is 4. The molecule has 0 radical (unpaired) electrons. The monoisotopic (exact) mass is 256 g/mol. The van der Waals surface area contributed by atoms with Crippen LogP contribution in [0.15, 0.2) is 59.0 Å². The Labute approximate surface area is 109 Å². The molecule has 1 heterocycles. The van der Waals surface area contributed by atoms with E-state index in [1.165, 1.54) is 11.3 Å². The summed E-state index contributed by atoms with van der Waals surface area (Å²) in [6, 6.07) is 13.5. The molecule has 18 heavy (non-hydrogen) atoms. The zero-order chi connectivity index (χ0) is 12.6. The predicted molar refractivity (Wildman–Crippen MR) is 75.8 cm³/mol. The highest BCUT2D eigenvalue weighted by Crippen LogP contribution is 2.07. The molecule has 0 atom stereocenters. The fourth-order valence-corrected chi connectivity index (χ4v) is 1.93. The predicted octanol–water partition coefficient (Wildman–Crippen LogP) is 3.18. The van der Waals surface area contributed by atoms with Crippen LogP contribution in [0.3, 0.4) is 0 Å². The van der Waals surface area contributed by atoms with Gasteiger partial charge in [-0.1, -0.05) is 42.5 Å². The standard InChI is InChI=1S/C14H12N2OS/c17-14(13-9-5-11-18-13)16-15-10-4-8-12-6-2-1-3-7-12/h1-11H,(H,16,17)/b8-4+,15-10-.